The standard InChI is InChI=1S/C19H21N3O4/c1-13-6-7-16(12-20-13)26-15-8-10-21(11-9-15)19(23)17-4-3-5-18(14(17)2)22(24)25/h3-7,12,15H,8-11H2,1-2H3. The lowest BCUT2D eigenvalue weighted by Gasteiger charge is -2.32. The Balaban J connectivity index is 1.63. The van der Waals surface area contributed by atoms with E-state index in [1.165, 1.54) is 6.07 Å². The SMILES string of the molecule is Cc1ccc(OC2CCN(C(=O)c3cccc([N+](=O)[O-])c3C)CC2)cn1. The molecule has 1 aromatic heterocycles. The molecule has 26 heavy (non-hydrogen) atoms. The van der Waals surface area contributed by atoms with Crippen LogP contribution in [0.3, 0.4) is 0 Å². The number of hydrogen-bond donors (Lipinski definition) is 0. The van der Waals surface area contributed by atoms with E-state index in [1.807, 2.05) is 19.1 Å². The van der Waals surface area contributed by atoms with E-state index in [0.29, 0.717) is 37.1 Å². The van der Waals surface area contributed by atoms with Gasteiger partial charge in [0.15, 0.2) is 0 Å². The fraction of sp³-hybridized carbons (Fsp3) is 0.368. The number of aromatic nitrogens is 1. The number of nitro groups is 1. The molecule has 2 aromatic rings. The zero-order chi connectivity index (χ0) is 18.7. The van der Waals surface area contributed by atoms with Crippen LogP contribution in [0, 0.1) is 24.0 Å². The van der Waals surface area contributed by atoms with Crippen molar-refractivity contribution in [3.05, 3.63) is 63.5 Å². The minimum absolute atomic E-state index is 0.0269. The number of nitrogens with zero attached hydrogens (tertiary/aromatic N) is 3. The summed E-state index contributed by atoms with van der Waals surface area (Å²) in [7, 11) is 0. The molecule has 0 aliphatic carbocycles. The number of benzene rings is 1. The number of carbonyl (C=O) groups is 1. The summed E-state index contributed by atoms with van der Waals surface area (Å²) in [5.41, 5.74) is 1.71. The van der Waals surface area contributed by atoms with E-state index in [2.05, 4.69) is 4.98 Å². The average Bonchev–Trinajstić information content (AvgIpc) is 2.64. The highest BCUT2D eigenvalue weighted by molar-refractivity contribution is 5.96. The van der Waals surface area contributed by atoms with Gasteiger partial charge in [-0.25, -0.2) is 0 Å². The molecule has 0 bridgehead atoms. The molecule has 3 rings (SSSR count). The minimum Gasteiger partial charge on any atom is -0.489 e. The van der Waals surface area contributed by atoms with Gasteiger partial charge in [0.05, 0.1) is 11.1 Å². The number of pyridine rings is 1. The number of aryl methyl sites for hydroxylation is 1. The number of likely N-dealkylation sites (tertiary alicyclic amines) is 1. The normalized spacial score (nSPS) is 14.9. The molecule has 7 heteroatoms. The molecule has 1 saturated heterocycles. The Morgan fingerprint density at radius 3 is 2.58 bits per heavy atom. The highest BCUT2D eigenvalue weighted by Crippen LogP contribution is 2.24. The van der Waals surface area contributed by atoms with Crippen molar-refractivity contribution in [1.29, 1.82) is 0 Å². The van der Waals surface area contributed by atoms with Gasteiger partial charge in [-0.05, 0) is 32.0 Å². The van der Waals surface area contributed by atoms with Crippen LogP contribution >= 0.6 is 0 Å². The first kappa shape index (κ1) is 17.8. The molecular formula is C19H21N3O4. The van der Waals surface area contributed by atoms with Crippen molar-refractivity contribution in [1.82, 2.24) is 9.88 Å². The zero-order valence-corrected chi connectivity index (χ0v) is 14.8. The van der Waals surface area contributed by atoms with Gasteiger partial charge in [-0.2, -0.15) is 0 Å². The lowest BCUT2D eigenvalue weighted by atomic mass is 10.0. The van der Waals surface area contributed by atoms with E-state index in [-0.39, 0.29) is 17.7 Å². The van der Waals surface area contributed by atoms with E-state index in [1.54, 1.807) is 30.2 Å². The van der Waals surface area contributed by atoms with Gasteiger partial charge in [-0.3, -0.25) is 19.9 Å². The van der Waals surface area contributed by atoms with Crippen LogP contribution < -0.4 is 4.74 Å². The summed E-state index contributed by atoms with van der Waals surface area (Å²) in [6.07, 6.45) is 3.18. The summed E-state index contributed by atoms with van der Waals surface area (Å²) in [6.45, 7) is 4.66. The Bertz CT molecular complexity index is 812. The van der Waals surface area contributed by atoms with Crippen molar-refractivity contribution < 1.29 is 14.5 Å². The van der Waals surface area contributed by atoms with Crippen molar-refractivity contribution in [2.75, 3.05) is 13.1 Å². The van der Waals surface area contributed by atoms with Crippen LogP contribution in [0.25, 0.3) is 0 Å². The van der Waals surface area contributed by atoms with Gasteiger partial charge < -0.3 is 9.64 Å². The fourth-order valence-corrected chi connectivity index (χ4v) is 3.12. The summed E-state index contributed by atoms with van der Waals surface area (Å²) in [5, 5.41) is 11.1. The van der Waals surface area contributed by atoms with Crippen LogP contribution in [-0.4, -0.2) is 39.9 Å². The molecule has 0 saturated carbocycles. The van der Waals surface area contributed by atoms with E-state index in [0.717, 1.165) is 11.4 Å². The van der Waals surface area contributed by atoms with Gasteiger partial charge in [-0.15, -0.1) is 0 Å². The predicted octanol–water partition coefficient (Wildman–Crippen LogP) is 3.29. The van der Waals surface area contributed by atoms with Gasteiger partial charge >= 0.3 is 0 Å². The van der Waals surface area contributed by atoms with E-state index < -0.39 is 4.92 Å². The largest absolute Gasteiger partial charge is 0.489 e. The second-order valence-corrected chi connectivity index (χ2v) is 6.45. The smallest absolute Gasteiger partial charge is 0.273 e. The summed E-state index contributed by atoms with van der Waals surface area (Å²) in [5.74, 6) is 0.566. The monoisotopic (exact) mass is 355 g/mol. The molecule has 1 aliphatic rings. The zero-order valence-electron chi connectivity index (χ0n) is 14.8. The van der Waals surface area contributed by atoms with Gasteiger partial charge in [0.25, 0.3) is 11.6 Å². The average molecular weight is 355 g/mol. The third-order valence-corrected chi connectivity index (χ3v) is 4.65. The highest BCUT2D eigenvalue weighted by Gasteiger charge is 2.27. The van der Waals surface area contributed by atoms with Crippen LogP contribution in [0.15, 0.2) is 36.5 Å². The molecule has 7 nitrogen and oxygen atoms in total. The first-order valence-corrected chi connectivity index (χ1v) is 8.58. The summed E-state index contributed by atoms with van der Waals surface area (Å²) < 4.78 is 5.93. The molecular weight excluding hydrogens is 334 g/mol. The maximum atomic E-state index is 12.8. The Morgan fingerprint density at radius 2 is 1.96 bits per heavy atom. The Kier molecular flexibility index (Phi) is 5.16. The van der Waals surface area contributed by atoms with Crippen LogP contribution in [0.4, 0.5) is 5.69 Å². The number of nitro benzene ring substituents is 1. The topological polar surface area (TPSA) is 85.6 Å². The number of amides is 1. The first-order chi connectivity index (χ1) is 12.5. The van der Waals surface area contributed by atoms with Crippen molar-refractivity contribution in [3.63, 3.8) is 0 Å². The number of piperidine rings is 1. The second-order valence-electron chi connectivity index (χ2n) is 6.45. The number of ether oxygens (including phenoxy) is 1. The van der Waals surface area contributed by atoms with Crippen LogP contribution in [0.2, 0.25) is 0 Å². The molecule has 1 amide bonds. The molecule has 0 atom stereocenters. The number of rotatable bonds is 4. The lowest BCUT2D eigenvalue weighted by molar-refractivity contribution is -0.385. The molecule has 2 heterocycles. The van der Waals surface area contributed by atoms with Crippen molar-refractivity contribution in [3.8, 4) is 5.75 Å². The predicted molar refractivity (Wildman–Crippen MR) is 96.4 cm³/mol. The van der Waals surface area contributed by atoms with Crippen molar-refractivity contribution >= 4 is 11.6 Å². The molecule has 0 spiro atoms. The maximum absolute atomic E-state index is 12.8. The highest BCUT2D eigenvalue weighted by atomic mass is 16.6. The molecule has 136 valence electrons. The van der Waals surface area contributed by atoms with Gasteiger partial charge in [0, 0.05) is 48.8 Å². The van der Waals surface area contributed by atoms with Crippen LogP contribution in [-0.2, 0) is 0 Å². The quantitative estimate of drug-likeness (QED) is 0.620. The minimum atomic E-state index is -0.457. The molecule has 0 N–H and O–H groups in total. The van der Waals surface area contributed by atoms with Crippen LogP contribution in [0.1, 0.15) is 34.5 Å². The fourth-order valence-electron chi connectivity index (χ4n) is 3.12. The first-order valence-electron chi connectivity index (χ1n) is 8.58. The van der Waals surface area contributed by atoms with Gasteiger partial charge in [0.2, 0.25) is 0 Å². The number of hydrogen-bond acceptors (Lipinski definition) is 5. The van der Waals surface area contributed by atoms with Gasteiger partial charge in [-0.1, -0.05) is 6.07 Å². The lowest BCUT2D eigenvalue weighted by Crippen LogP contribution is -2.42. The molecule has 1 fully saturated rings. The summed E-state index contributed by atoms with van der Waals surface area (Å²) in [6, 6.07) is 8.41. The molecule has 1 aliphatic heterocycles. The maximum Gasteiger partial charge on any atom is 0.273 e. The van der Waals surface area contributed by atoms with Crippen molar-refractivity contribution in [2.24, 2.45) is 0 Å². The van der Waals surface area contributed by atoms with Crippen LogP contribution in [0.5, 0.6) is 5.75 Å². The Morgan fingerprint density at radius 1 is 1.23 bits per heavy atom. The molecule has 0 unspecified atom stereocenters. The van der Waals surface area contributed by atoms with E-state index in [9.17, 15) is 14.9 Å². The third kappa shape index (κ3) is 3.82. The van der Waals surface area contributed by atoms with E-state index >= 15 is 0 Å². The molecule has 0 radical (unpaired) electrons. The number of carbonyl (C=O) groups excluding carboxylic acids is 1. The Hall–Kier alpha value is -2.96. The van der Waals surface area contributed by atoms with E-state index in [4.69, 9.17) is 4.74 Å². The third-order valence-electron chi connectivity index (χ3n) is 4.65. The molecule has 1 aromatic carbocycles. The summed E-state index contributed by atoms with van der Waals surface area (Å²) in [4.78, 5) is 29.3. The van der Waals surface area contributed by atoms with Crippen molar-refractivity contribution in [2.45, 2.75) is 32.8 Å². The van der Waals surface area contributed by atoms with Gasteiger partial charge in [0.1, 0.15) is 11.9 Å². The Labute approximate surface area is 151 Å². The summed E-state index contributed by atoms with van der Waals surface area (Å²) >= 11 is 0. The second kappa shape index (κ2) is 7.51.